The molecule has 0 aliphatic heterocycles. The third-order valence-electron chi connectivity index (χ3n) is 2.53. The molecule has 1 nitrogen and oxygen atoms in total. The van der Waals surface area contributed by atoms with Crippen LogP contribution in [-0.2, 0) is 0 Å². The summed E-state index contributed by atoms with van der Waals surface area (Å²) in [6, 6.07) is 0. The van der Waals surface area contributed by atoms with E-state index in [0.29, 0.717) is 6.42 Å². The number of terminal acetylenes is 1. The van der Waals surface area contributed by atoms with E-state index in [1.165, 1.54) is 6.42 Å². The highest BCUT2D eigenvalue weighted by Crippen LogP contribution is 2.32. The van der Waals surface area contributed by atoms with Crippen LogP contribution < -0.4 is 0 Å². The summed E-state index contributed by atoms with van der Waals surface area (Å²) in [5.74, 6) is 2.48. The molecule has 1 N–H and O–H groups in total. The molecule has 1 heteroatoms. The van der Waals surface area contributed by atoms with E-state index in [1.54, 1.807) is 0 Å². The van der Waals surface area contributed by atoms with Crippen molar-refractivity contribution in [3.8, 4) is 12.3 Å². The van der Waals surface area contributed by atoms with Crippen molar-refractivity contribution in [2.45, 2.75) is 44.1 Å². The Bertz CT molecular complexity index is 204. The average molecular weight is 164 g/mol. The van der Waals surface area contributed by atoms with E-state index in [4.69, 9.17) is 6.42 Å². The summed E-state index contributed by atoms with van der Waals surface area (Å²) in [5.41, 5.74) is 0.182. The molecule has 0 atom stereocenters. The predicted octanol–water partition coefficient (Wildman–Crippen LogP) is 2.26. The molecule has 0 aromatic rings. The highest BCUT2D eigenvalue weighted by Gasteiger charge is 2.29. The standard InChI is InChI=1S/C11H16O/c1-3-10(2)9-11(12)7-5-4-6-8-11/h1,12H,2,4-9H2. The minimum atomic E-state index is -0.540. The zero-order valence-corrected chi connectivity index (χ0v) is 7.47. The fourth-order valence-corrected chi connectivity index (χ4v) is 1.83. The minimum Gasteiger partial charge on any atom is -0.390 e. The predicted molar refractivity (Wildman–Crippen MR) is 50.6 cm³/mol. The van der Waals surface area contributed by atoms with Crippen LogP contribution in [0.25, 0.3) is 0 Å². The molecule has 0 aromatic carbocycles. The molecule has 66 valence electrons. The Labute approximate surface area is 74.5 Å². The Morgan fingerprint density at radius 3 is 2.50 bits per heavy atom. The maximum atomic E-state index is 10.0. The first-order chi connectivity index (χ1) is 5.66. The largest absolute Gasteiger partial charge is 0.390 e. The molecule has 0 aromatic heterocycles. The topological polar surface area (TPSA) is 20.2 Å². The Balaban J connectivity index is 2.48. The second-order valence-electron chi connectivity index (χ2n) is 3.71. The fourth-order valence-electron chi connectivity index (χ4n) is 1.83. The molecule has 12 heavy (non-hydrogen) atoms. The van der Waals surface area contributed by atoms with Gasteiger partial charge in [-0.25, -0.2) is 0 Å². The van der Waals surface area contributed by atoms with Gasteiger partial charge in [-0.2, -0.15) is 0 Å². The van der Waals surface area contributed by atoms with Crippen LogP contribution >= 0.6 is 0 Å². The van der Waals surface area contributed by atoms with Crippen LogP contribution in [0.2, 0.25) is 0 Å². The van der Waals surface area contributed by atoms with E-state index in [9.17, 15) is 5.11 Å². The summed E-state index contributed by atoms with van der Waals surface area (Å²) in [7, 11) is 0. The van der Waals surface area contributed by atoms with Crippen LogP contribution in [0.15, 0.2) is 12.2 Å². The smallest absolute Gasteiger partial charge is 0.0694 e. The Hall–Kier alpha value is -0.740. The Morgan fingerprint density at radius 2 is 2.00 bits per heavy atom. The lowest BCUT2D eigenvalue weighted by atomic mass is 9.81. The minimum absolute atomic E-state index is 0.540. The van der Waals surface area contributed by atoms with E-state index in [2.05, 4.69) is 12.5 Å². The first-order valence-corrected chi connectivity index (χ1v) is 4.53. The van der Waals surface area contributed by atoms with Crippen LogP contribution in [0, 0.1) is 12.3 Å². The summed E-state index contributed by atoms with van der Waals surface area (Å²) >= 11 is 0. The molecule has 1 rings (SSSR count). The van der Waals surface area contributed by atoms with Gasteiger partial charge in [0.1, 0.15) is 0 Å². The van der Waals surface area contributed by atoms with E-state index in [0.717, 1.165) is 31.3 Å². The van der Waals surface area contributed by atoms with Gasteiger partial charge >= 0.3 is 0 Å². The van der Waals surface area contributed by atoms with Crippen molar-refractivity contribution in [2.24, 2.45) is 0 Å². The van der Waals surface area contributed by atoms with E-state index >= 15 is 0 Å². The molecule has 1 saturated carbocycles. The molecule has 0 amide bonds. The monoisotopic (exact) mass is 164 g/mol. The van der Waals surface area contributed by atoms with Crippen molar-refractivity contribution in [3.05, 3.63) is 12.2 Å². The number of rotatable bonds is 2. The summed E-state index contributed by atoms with van der Waals surface area (Å²) in [5, 5.41) is 10.0. The van der Waals surface area contributed by atoms with Crippen LogP contribution in [0.5, 0.6) is 0 Å². The molecule has 1 aliphatic rings. The van der Waals surface area contributed by atoms with E-state index in [1.807, 2.05) is 0 Å². The second kappa shape index (κ2) is 3.78. The zero-order chi connectivity index (χ0) is 9.03. The lowest BCUT2D eigenvalue weighted by Crippen LogP contribution is -2.31. The Kier molecular flexibility index (Phi) is 2.94. The maximum Gasteiger partial charge on any atom is 0.0694 e. The van der Waals surface area contributed by atoms with Crippen LogP contribution in [-0.4, -0.2) is 10.7 Å². The summed E-state index contributed by atoms with van der Waals surface area (Å²) in [6.45, 7) is 3.72. The van der Waals surface area contributed by atoms with E-state index < -0.39 is 5.60 Å². The van der Waals surface area contributed by atoms with Crippen molar-refractivity contribution in [2.75, 3.05) is 0 Å². The highest BCUT2D eigenvalue weighted by atomic mass is 16.3. The van der Waals surface area contributed by atoms with Crippen molar-refractivity contribution >= 4 is 0 Å². The SMILES string of the molecule is C#CC(=C)CC1(O)CCCCC1. The molecule has 0 heterocycles. The molecular weight excluding hydrogens is 148 g/mol. The van der Waals surface area contributed by atoms with Crippen LogP contribution in [0.4, 0.5) is 0 Å². The van der Waals surface area contributed by atoms with Crippen molar-refractivity contribution < 1.29 is 5.11 Å². The number of hydrogen-bond donors (Lipinski definition) is 1. The van der Waals surface area contributed by atoms with Gasteiger partial charge in [0.05, 0.1) is 5.60 Å². The molecule has 0 unspecified atom stereocenters. The highest BCUT2D eigenvalue weighted by molar-refractivity contribution is 5.23. The molecular formula is C11H16O. The lowest BCUT2D eigenvalue weighted by Gasteiger charge is -2.31. The van der Waals surface area contributed by atoms with Gasteiger partial charge in [-0.05, 0) is 18.4 Å². The van der Waals surface area contributed by atoms with Crippen LogP contribution in [0.3, 0.4) is 0 Å². The van der Waals surface area contributed by atoms with Gasteiger partial charge in [-0.1, -0.05) is 31.8 Å². The van der Waals surface area contributed by atoms with Crippen LogP contribution in [0.1, 0.15) is 38.5 Å². The molecule has 0 bridgehead atoms. The first-order valence-electron chi connectivity index (χ1n) is 4.53. The van der Waals surface area contributed by atoms with E-state index in [-0.39, 0.29) is 0 Å². The van der Waals surface area contributed by atoms with Gasteiger partial charge in [0, 0.05) is 6.42 Å². The third kappa shape index (κ3) is 2.39. The van der Waals surface area contributed by atoms with Gasteiger partial charge in [0.2, 0.25) is 0 Å². The zero-order valence-electron chi connectivity index (χ0n) is 7.47. The lowest BCUT2D eigenvalue weighted by molar-refractivity contribution is 0.00556. The summed E-state index contributed by atoms with van der Waals surface area (Å²) < 4.78 is 0. The number of hydrogen-bond acceptors (Lipinski definition) is 1. The molecule has 1 fully saturated rings. The van der Waals surface area contributed by atoms with Crippen molar-refractivity contribution in [1.29, 1.82) is 0 Å². The molecule has 0 spiro atoms. The second-order valence-corrected chi connectivity index (χ2v) is 3.71. The summed E-state index contributed by atoms with van der Waals surface area (Å²) in [6.07, 6.45) is 11.0. The fraction of sp³-hybridized carbons (Fsp3) is 0.636. The van der Waals surface area contributed by atoms with Gasteiger partial charge in [-0.3, -0.25) is 0 Å². The normalized spacial score (nSPS) is 21.3. The Morgan fingerprint density at radius 1 is 1.42 bits per heavy atom. The van der Waals surface area contributed by atoms with Crippen molar-refractivity contribution in [3.63, 3.8) is 0 Å². The van der Waals surface area contributed by atoms with Crippen molar-refractivity contribution in [1.82, 2.24) is 0 Å². The first kappa shape index (κ1) is 9.35. The average Bonchev–Trinajstić information content (AvgIpc) is 2.05. The quantitative estimate of drug-likeness (QED) is 0.621. The van der Waals surface area contributed by atoms with Gasteiger partial charge in [0.25, 0.3) is 0 Å². The third-order valence-corrected chi connectivity index (χ3v) is 2.53. The summed E-state index contributed by atoms with van der Waals surface area (Å²) in [4.78, 5) is 0. The molecule has 1 aliphatic carbocycles. The number of aliphatic hydroxyl groups is 1. The molecule has 0 saturated heterocycles. The van der Waals surface area contributed by atoms with Gasteiger partial charge < -0.3 is 5.11 Å². The van der Waals surface area contributed by atoms with Gasteiger partial charge in [-0.15, -0.1) is 6.42 Å². The molecule has 0 radical (unpaired) electrons. The van der Waals surface area contributed by atoms with Gasteiger partial charge in [0.15, 0.2) is 0 Å². The maximum absolute atomic E-state index is 10.0.